The van der Waals surface area contributed by atoms with Gasteiger partial charge in [0.1, 0.15) is 0 Å². The van der Waals surface area contributed by atoms with Gasteiger partial charge < -0.3 is 10.1 Å². The average molecular weight is 255 g/mol. The minimum Gasteiger partial charge on any atom is -0.382 e. The molecule has 0 aliphatic heterocycles. The molecule has 18 heavy (non-hydrogen) atoms. The third kappa shape index (κ3) is 4.70. The summed E-state index contributed by atoms with van der Waals surface area (Å²) in [6, 6.07) is 0.215. The molecule has 0 aliphatic rings. The zero-order valence-electron chi connectivity index (χ0n) is 12.1. The molecule has 1 aromatic heterocycles. The van der Waals surface area contributed by atoms with E-state index in [0.29, 0.717) is 13.2 Å². The molecule has 0 aliphatic carbocycles. The Kier molecular flexibility index (Phi) is 5.68. The third-order valence-electron chi connectivity index (χ3n) is 2.66. The van der Waals surface area contributed by atoms with Gasteiger partial charge in [0.05, 0.1) is 19.2 Å². The van der Waals surface area contributed by atoms with Gasteiger partial charge >= 0.3 is 0 Å². The number of rotatable bonds is 7. The number of ether oxygens (including phenoxy) is 1. The lowest BCUT2D eigenvalue weighted by atomic mass is 10.1. The Bertz CT molecular complexity index is 338. The highest BCUT2D eigenvalue weighted by Gasteiger charge is 2.18. The Morgan fingerprint density at radius 2 is 2.11 bits per heavy atom. The minimum atomic E-state index is 0.0539. The van der Waals surface area contributed by atoms with Crippen molar-refractivity contribution >= 4 is 0 Å². The maximum Gasteiger partial charge on any atom is 0.165 e. The van der Waals surface area contributed by atoms with E-state index >= 15 is 0 Å². The van der Waals surface area contributed by atoms with Crippen LogP contribution in [0.1, 0.15) is 52.4 Å². The number of nitrogens with one attached hydrogen (secondary N) is 1. The van der Waals surface area contributed by atoms with Crippen molar-refractivity contribution in [2.75, 3.05) is 13.7 Å². The van der Waals surface area contributed by atoms with Crippen molar-refractivity contribution < 1.29 is 4.74 Å². The second kappa shape index (κ2) is 6.80. The van der Waals surface area contributed by atoms with Gasteiger partial charge in [0.25, 0.3) is 0 Å². The summed E-state index contributed by atoms with van der Waals surface area (Å²) in [7, 11) is 1.71. The molecule has 1 atom stereocenters. The van der Waals surface area contributed by atoms with E-state index in [1.165, 1.54) is 0 Å². The summed E-state index contributed by atoms with van der Waals surface area (Å²) in [5.74, 6) is 0.862. The van der Waals surface area contributed by atoms with Crippen molar-refractivity contribution in [1.82, 2.24) is 25.5 Å². The molecule has 1 rings (SSSR count). The predicted molar refractivity (Wildman–Crippen MR) is 70.2 cm³/mol. The van der Waals surface area contributed by atoms with Gasteiger partial charge in [0.15, 0.2) is 5.82 Å². The van der Waals surface area contributed by atoms with Crippen LogP contribution in [0.5, 0.6) is 0 Å². The van der Waals surface area contributed by atoms with Gasteiger partial charge in [-0.2, -0.15) is 0 Å². The predicted octanol–water partition coefficient (Wildman–Crippen LogP) is 1.55. The van der Waals surface area contributed by atoms with Crippen LogP contribution in [0.25, 0.3) is 0 Å². The molecule has 6 nitrogen and oxygen atoms in total. The lowest BCUT2D eigenvalue weighted by Gasteiger charge is -2.21. The van der Waals surface area contributed by atoms with Crippen LogP contribution < -0.4 is 5.32 Å². The van der Waals surface area contributed by atoms with Gasteiger partial charge in [0.2, 0.25) is 0 Å². The maximum absolute atomic E-state index is 5.24. The minimum absolute atomic E-state index is 0.0539. The summed E-state index contributed by atoms with van der Waals surface area (Å²) in [5.41, 5.74) is 0.0539. The van der Waals surface area contributed by atoms with Gasteiger partial charge in [-0.05, 0) is 37.6 Å². The molecule has 1 N–H and O–H groups in total. The molecule has 1 heterocycles. The van der Waals surface area contributed by atoms with Crippen LogP contribution in [0.4, 0.5) is 0 Å². The van der Waals surface area contributed by atoms with Crippen LogP contribution in [0.2, 0.25) is 0 Å². The molecule has 0 radical (unpaired) electrons. The Morgan fingerprint density at radius 3 is 2.67 bits per heavy atom. The zero-order chi connectivity index (χ0) is 13.6. The second-order valence-electron chi connectivity index (χ2n) is 5.54. The first-order valence-electron chi connectivity index (χ1n) is 6.48. The quantitative estimate of drug-likeness (QED) is 0.801. The molecule has 0 saturated heterocycles. The molecular weight excluding hydrogens is 230 g/mol. The monoisotopic (exact) mass is 255 g/mol. The Hall–Kier alpha value is -1.01. The molecule has 0 amide bonds. The normalized spacial score (nSPS) is 13.8. The highest BCUT2D eigenvalue weighted by atomic mass is 16.5. The first-order chi connectivity index (χ1) is 8.48. The van der Waals surface area contributed by atoms with E-state index in [4.69, 9.17) is 4.74 Å². The topological polar surface area (TPSA) is 64.9 Å². The van der Waals surface area contributed by atoms with E-state index in [1.54, 1.807) is 7.11 Å². The third-order valence-corrected chi connectivity index (χ3v) is 2.66. The van der Waals surface area contributed by atoms with Crippen molar-refractivity contribution in [2.24, 2.45) is 0 Å². The SMILES string of the molecule is CCCC(COC)n1nnnc1CNC(C)(C)C. The van der Waals surface area contributed by atoms with Gasteiger partial charge in [0, 0.05) is 12.6 Å². The number of nitrogens with zero attached hydrogens (tertiary/aromatic N) is 4. The lowest BCUT2D eigenvalue weighted by molar-refractivity contribution is 0.141. The summed E-state index contributed by atoms with van der Waals surface area (Å²) >= 11 is 0. The van der Waals surface area contributed by atoms with Crippen LogP contribution >= 0.6 is 0 Å². The summed E-state index contributed by atoms with van der Waals surface area (Å²) in [6.07, 6.45) is 2.10. The summed E-state index contributed by atoms with van der Waals surface area (Å²) in [5, 5.41) is 15.4. The first kappa shape index (κ1) is 15.0. The fraction of sp³-hybridized carbons (Fsp3) is 0.917. The molecule has 104 valence electrons. The second-order valence-corrected chi connectivity index (χ2v) is 5.54. The molecular formula is C12H25N5O. The lowest BCUT2D eigenvalue weighted by Crippen LogP contribution is -2.36. The van der Waals surface area contributed by atoms with Crippen LogP contribution in [0.3, 0.4) is 0 Å². The number of aromatic nitrogens is 4. The summed E-state index contributed by atoms with van der Waals surface area (Å²) in [4.78, 5) is 0. The van der Waals surface area contributed by atoms with Crippen molar-refractivity contribution in [3.8, 4) is 0 Å². The Balaban J connectivity index is 2.72. The highest BCUT2D eigenvalue weighted by Crippen LogP contribution is 2.14. The van der Waals surface area contributed by atoms with Crippen LogP contribution in [-0.4, -0.2) is 39.5 Å². The molecule has 0 spiro atoms. The van der Waals surface area contributed by atoms with Gasteiger partial charge in [-0.15, -0.1) is 5.10 Å². The van der Waals surface area contributed by atoms with Gasteiger partial charge in [-0.1, -0.05) is 13.3 Å². The number of tetrazole rings is 1. The molecule has 0 saturated carbocycles. The fourth-order valence-electron chi connectivity index (χ4n) is 1.76. The van der Waals surface area contributed by atoms with E-state index in [2.05, 4.69) is 48.5 Å². The molecule has 1 unspecified atom stereocenters. The van der Waals surface area contributed by atoms with Crippen molar-refractivity contribution in [1.29, 1.82) is 0 Å². The Labute approximate surface area is 109 Å². The van der Waals surface area contributed by atoms with Crippen molar-refractivity contribution in [3.05, 3.63) is 5.82 Å². The average Bonchev–Trinajstić information content (AvgIpc) is 2.73. The number of methoxy groups -OCH3 is 1. The molecule has 1 aromatic rings. The number of hydrogen-bond donors (Lipinski definition) is 1. The fourth-order valence-corrected chi connectivity index (χ4v) is 1.76. The van der Waals surface area contributed by atoms with Crippen molar-refractivity contribution in [3.63, 3.8) is 0 Å². The van der Waals surface area contributed by atoms with E-state index in [9.17, 15) is 0 Å². The molecule has 0 fully saturated rings. The van der Waals surface area contributed by atoms with Gasteiger partial charge in [-0.3, -0.25) is 0 Å². The zero-order valence-corrected chi connectivity index (χ0v) is 12.1. The van der Waals surface area contributed by atoms with Crippen LogP contribution in [0, 0.1) is 0 Å². The molecule has 0 bridgehead atoms. The number of hydrogen-bond acceptors (Lipinski definition) is 5. The van der Waals surface area contributed by atoms with E-state index in [-0.39, 0.29) is 11.6 Å². The largest absolute Gasteiger partial charge is 0.382 e. The summed E-state index contributed by atoms with van der Waals surface area (Å²) < 4.78 is 7.12. The molecule has 0 aromatic carbocycles. The van der Waals surface area contributed by atoms with Crippen molar-refractivity contribution in [2.45, 2.75) is 58.7 Å². The van der Waals surface area contributed by atoms with Crippen LogP contribution in [-0.2, 0) is 11.3 Å². The van der Waals surface area contributed by atoms with Crippen LogP contribution in [0.15, 0.2) is 0 Å². The van der Waals surface area contributed by atoms with Gasteiger partial charge in [-0.25, -0.2) is 4.68 Å². The van der Waals surface area contributed by atoms with E-state index in [0.717, 1.165) is 18.7 Å². The smallest absolute Gasteiger partial charge is 0.165 e. The standard InChI is InChI=1S/C12H25N5O/c1-6-7-10(9-18-5)17-11(14-15-16-17)8-13-12(2,3)4/h10,13H,6-9H2,1-5H3. The van der Waals surface area contributed by atoms with E-state index in [1.807, 2.05) is 4.68 Å². The first-order valence-corrected chi connectivity index (χ1v) is 6.48. The maximum atomic E-state index is 5.24. The van der Waals surface area contributed by atoms with E-state index < -0.39 is 0 Å². The Morgan fingerprint density at radius 1 is 1.39 bits per heavy atom. The molecule has 6 heteroatoms. The summed E-state index contributed by atoms with van der Waals surface area (Å²) in [6.45, 7) is 9.83. The highest BCUT2D eigenvalue weighted by molar-refractivity contribution is 4.86.